The van der Waals surface area contributed by atoms with Gasteiger partial charge in [-0.05, 0) is 109 Å². The van der Waals surface area contributed by atoms with E-state index in [0.29, 0.717) is 45.5 Å². The first-order chi connectivity index (χ1) is 26.0. The first-order valence-electron chi connectivity index (χ1n) is 15.5. The van der Waals surface area contributed by atoms with Gasteiger partial charge in [-0.2, -0.15) is 37.3 Å². The number of nitrogens with zero attached hydrogens (tertiary/aromatic N) is 8. The van der Waals surface area contributed by atoms with Crippen molar-refractivity contribution in [2.75, 3.05) is 22.9 Å². The molecule has 0 fully saturated rings. The molecule has 21 heteroatoms. The van der Waals surface area contributed by atoms with Gasteiger partial charge in [0.25, 0.3) is 20.2 Å². The first kappa shape index (κ1) is 37.6. The zero-order valence-corrected chi connectivity index (χ0v) is 29.6. The maximum absolute atomic E-state index is 12.4. The lowest BCUT2D eigenvalue weighted by Crippen LogP contribution is -2.01. The number of benzene rings is 6. The fraction of sp³-hybridized carbons (Fsp3) is 0. The molecule has 0 radical (unpaired) electrons. The van der Waals surface area contributed by atoms with Crippen molar-refractivity contribution in [3.05, 3.63) is 103 Å². The van der Waals surface area contributed by atoms with Gasteiger partial charge in [0.2, 0.25) is 0 Å². The third-order valence-electron chi connectivity index (χ3n) is 7.57. The van der Waals surface area contributed by atoms with E-state index in [-0.39, 0.29) is 22.1 Å². The lowest BCUT2D eigenvalue weighted by molar-refractivity contribution is 0.472. The summed E-state index contributed by atoms with van der Waals surface area (Å²) in [5.41, 5.74) is 25.7. The molecule has 0 saturated heterocycles. The predicted octanol–water partition coefficient (Wildman–Crippen LogP) is 9.03. The van der Waals surface area contributed by atoms with Gasteiger partial charge in [0.15, 0.2) is 5.75 Å². The lowest BCUT2D eigenvalue weighted by atomic mass is 10.1. The average Bonchev–Trinajstić information content (AvgIpc) is 3.12. The Bertz CT molecular complexity index is 2810. The number of nitrogen functional groups attached to an aromatic ring is 4. The van der Waals surface area contributed by atoms with Gasteiger partial charge < -0.3 is 28.0 Å². The predicted molar refractivity (Wildman–Crippen MR) is 205 cm³/mol. The largest absolute Gasteiger partial charge is 0.505 e. The number of fused-ring (bicyclic) bond motifs is 1. The van der Waals surface area contributed by atoms with Gasteiger partial charge in [-0.25, -0.2) is 0 Å². The van der Waals surface area contributed by atoms with Crippen LogP contribution in [0.4, 0.5) is 68.2 Å². The van der Waals surface area contributed by atoms with Crippen molar-refractivity contribution >= 4 is 99.3 Å². The molecule has 6 rings (SSSR count). The van der Waals surface area contributed by atoms with E-state index in [4.69, 9.17) is 22.9 Å². The van der Waals surface area contributed by atoms with Crippen LogP contribution >= 0.6 is 0 Å². The van der Waals surface area contributed by atoms with Crippen molar-refractivity contribution in [2.45, 2.75) is 9.79 Å². The quantitative estimate of drug-likeness (QED) is 0.0390. The topological polar surface area (TPSA) is 332 Å². The highest BCUT2D eigenvalue weighted by molar-refractivity contribution is 7.86. The molecule has 0 unspecified atom stereocenters. The molecule has 0 bridgehead atoms. The van der Waals surface area contributed by atoms with E-state index in [2.05, 4.69) is 40.9 Å². The van der Waals surface area contributed by atoms with E-state index in [1.807, 2.05) is 0 Å². The zero-order chi connectivity index (χ0) is 39.5. The van der Waals surface area contributed by atoms with E-state index in [1.54, 1.807) is 42.5 Å². The molecule has 0 spiro atoms. The minimum absolute atomic E-state index is 0.168. The fourth-order valence-electron chi connectivity index (χ4n) is 4.88. The van der Waals surface area contributed by atoms with Crippen molar-refractivity contribution in [1.29, 1.82) is 0 Å². The van der Waals surface area contributed by atoms with Crippen LogP contribution in [-0.4, -0.2) is 31.0 Å². The maximum Gasteiger partial charge on any atom is 0.296 e. The summed E-state index contributed by atoms with van der Waals surface area (Å²) < 4.78 is 69.5. The Kier molecular flexibility index (Phi) is 10.3. The number of hydrogen-bond donors (Lipinski definition) is 7. The number of phenolic OH excluding ortho intramolecular Hbond substituents is 1. The number of nitrogens with two attached hydrogens (primary N) is 4. The summed E-state index contributed by atoms with van der Waals surface area (Å²) in [6.45, 7) is 0. The van der Waals surface area contributed by atoms with Gasteiger partial charge in [0, 0.05) is 16.8 Å². The van der Waals surface area contributed by atoms with Crippen LogP contribution in [0.5, 0.6) is 5.75 Å². The van der Waals surface area contributed by atoms with Gasteiger partial charge in [0.05, 0.1) is 34.1 Å². The lowest BCUT2D eigenvalue weighted by Gasteiger charge is -2.11. The molecular weight excluding hydrogens is 753 g/mol. The summed E-state index contributed by atoms with van der Waals surface area (Å²) in [5.74, 6) is -0.810. The summed E-state index contributed by atoms with van der Waals surface area (Å²) in [4.78, 5) is -1.68. The number of aromatic hydroxyl groups is 1. The number of phenols is 1. The second-order valence-electron chi connectivity index (χ2n) is 11.5. The Morgan fingerprint density at radius 2 is 0.818 bits per heavy atom. The first-order valence-corrected chi connectivity index (χ1v) is 18.4. The standard InChI is InChI=1S/C34H28N12O7S2/c35-19-1-11-28(26(37)15-19)43-39-21-3-5-23(6-4-21)41-45-30-17-25-18(13-31(30)54(48,49)50)14-32(55(51,52)53)33(34(25)47)46-42-24-9-7-22(8-10-24)40-44-29-12-2-20(36)16-27(29)38/h1-17,47H,35-38H2,(H,48,49,50)(H,51,52,53). The van der Waals surface area contributed by atoms with Crippen molar-refractivity contribution in [3.8, 4) is 5.75 Å². The van der Waals surface area contributed by atoms with E-state index >= 15 is 0 Å². The highest BCUT2D eigenvalue weighted by Gasteiger charge is 2.25. The van der Waals surface area contributed by atoms with Crippen molar-refractivity contribution in [2.24, 2.45) is 40.9 Å². The van der Waals surface area contributed by atoms with Gasteiger partial charge in [0.1, 0.15) is 32.5 Å². The summed E-state index contributed by atoms with van der Waals surface area (Å²) in [6.07, 6.45) is 0. The van der Waals surface area contributed by atoms with Crippen LogP contribution in [0.15, 0.2) is 154 Å². The second kappa shape index (κ2) is 15.0. The molecule has 6 aromatic rings. The van der Waals surface area contributed by atoms with Crippen LogP contribution in [0.25, 0.3) is 10.8 Å². The molecule has 0 atom stereocenters. The van der Waals surface area contributed by atoms with E-state index in [0.717, 1.165) is 18.2 Å². The van der Waals surface area contributed by atoms with Gasteiger partial charge in [-0.15, -0.1) is 20.5 Å². The molecule has 0 aliphatic carbocycles. The monoisotopic (exact) mass is 780 g/mol. The van der Waals surface area contributed by atoms with Crippen molar-refractivity contribution < 1.29 is 31.0 Å². The normalized spacial score (nSPS) is 12.5. The molecule has 0 aliphatic rings. The summed E-state index contributed by atoms with van der Waals surface area (Å²) in [7, 11) is -10.1. The molecule has 0 heterocycles. The number of azo groups is 4. The maximum atomic E-state index is 12.4. The van der Waals surface area contributed by atoms with Crippen molar-refractivity contribution in [1.82, 2.24) is 0 Å². The molecule has 55 heavy (non-hydrogen) atoms. The minimum Gasteiger partial charge on any atom is -0.505 e. The van der Waals surface area contributed by atoms with Gasteiger partial charge in [-0.3, -0.25) is 9.11 Å². The average molecular weight is 781 g/mol. The molecule has 6 aromatic carbocycles. The Morgan fingerprint density at radius 1 is 0.436 bits per heavy atom. The summed E-state index contributed by atoms with van der Waals surface area (Å²) in [5, 5.41) is 43.1. The molecule has 0 saturated carbocycles. The SMILES string of the molecule is Nc1ccc(N=Nc2ccc(N=Nc3cc4c(O)c(N=Nc5ccc(N=Nc6ccc(N)cc6N)cc5)c(S(=O)(=O)O)cc4cc3S(=O)(=O)O)cc2)c(N)c1. The molecule has 19 nitrogen and oxygen atoms in total. The molecule has 0 aliphatic heterocycles. The third kappa shape index (κ3) is 8.89. The Balaban J connectivity index is 1.31. The highest BCUT2D eigenvalue weighted by Crippen LogP contribution is 2.44. The van der Waals surface area contributed by atoms with Gasteiger partial charge >= 0.3 is 0 Å². The molecular formula is C34H28N12O7S2. The van der Waals surface area contributed by atoms with E-state index < -0.39 is 47.2 Å². The fourth-order valence-corrected chi connectivity index (χ4v) is 6.18. The molecule has 11 N–H and O–H groups in total. The van der Waals surface area contributed by atoms with Crippen LogP contribution in [0.1, 0.15) is 0 Å². The van der Waals surface area contributed by atoms with E-state index in [1.165, 1.54) is 42.5 Å². The zero-order valence-electron chi connectivity index (χ0n) is 28.0. The Hall–Kier alpha value is -7.20. The smallest absolute Gasteiger partial charge is 0.296 e. The van der Waals surface area contributed by atoms with Crippen LogP contribution in [-0.2, 0) is 20.2 Å². The second-order valence-corrected chi connectivity index (χ2v) is 14.3. The Morgan fingerprint density at radius 3 is 1.22 bits per heavy atom. The van der Waals surface area contributed by atoms with Crippen LogP contribution < -0.4 is 22.9 Å². The van der Waals surface area contributed by atoms with Crippen LogP contribution in [0.3, 0.4) is 0 Å². The van der Waals surface area contributed by atoms with Crippen molar-refractivity contribution in [3.63, 3.8) is 0 Å². The Labute approximate surface area is 312 Å². The third-order valence-corrected chi connectivity index (χ3v) is 9.32. The molecule has 0 aromatic heterocycles. The molecule has 0 amide bonds. The number of hydrogen-bond acceptors (Lipinski definition) is 17. The van der Waals surface area contributed by atoms with Gasteiger partial charge in [-0.1, -0.05) is 0 Å². The minimum atomic E-state index is -5.07. The molecule has 278 valence electrons. The highest BCUT2D eigenvalue weighted by atomic mass is 32.2. The van der Waals surface area contributed by atoms with Crippen LogP contribution in [0, 0.1) is 0 Å². The summed E-state index contributed by atoms with van der Waals surface area (Å²) in [6, 6.07) is 24.4. The number of rotatable bonds is 10. The van der Waals surface area contributed by atoms with E-state index in [9.17, 15) is 31.0 Å². The van der Waals surface area contributed by atoms with Crippen LogP contribution in [0.2, 0.25) is 0 Å². The number of anilines is 4. The summed E-state index contributed by atoms with van der Waals surface area (Å²) >= 11 is 0.